The first-order valence-corrected chi connectivity index (χ1v) is 9.06. The molecule has 1 fully saturated rings. The number of nitriles is 1. The van der Waals surface area contributed by atoms with Crippen LogP contribution < -0.4 is 11.3 Å². The van der Waals surface area contributed by atoms with Crippen molar-refractivity contribution in [2.75, 3.05) is 19.8 Å². The maximum absolute atomic E-state index is 9.45. The van der Waals surface area contributed by atoms with Gasteiger partial charge in [-0.1, -0.05) is 31.8 Å². The van der Waals surface area contributed by atoms with Crippen LogP contribution in [0.2, 0.25) is 0 Å². The molecule has 146 valence electrons. The number of rotatable bonds is 12. The summed E-state index contributed by atoms with van der Waals surface area (Å²) in [4.78, 5) is 2.98. The monoisotopic (exact) mass is 366 g/mol. The normalized spacial score (nSPS) is 28.4. The molecular formula is C17H30N6O3. The lowest BCUT2D eigenvalue weighted by atomic mass is 9.86. The van der Waals surface area contributed by atoms with E-state index in [-0.39, 0.29) is 5.57 Å². The SMILES string of the molecule is CCCCOC[C@H]1OC(C(C#N)=CNN)[C@](C)(N=[N+]=[N-])[C@@H]1OCCCC. The second-order valence-electron chi connectivity index (χ2n) is 6.42. The molecule has 0 aromatic rings. The lowest BCUT2D eigenvalue weighted by molar-refractivity contribution is -0.0628. The van der Waals surface area contributed by atoms with Gasteiger partial charge in [-0.15, -0.1) is 0 Å². The number of nitrogens with two attached hydrogens (primary N) is 1. The minimum absolute atomic E-state index is 0.238. The summed E-state index contributed by atoms with van der Waals surface area (Å²) in [6.45, 7) is 7.33. The van der Waals surface area contributed by atoms with Gasteiger partial charge in [-0.05, 0) is 25.3 Å². The molecule has 1 aliphatic heterocycles. The van der Waals surface area contributed by atoms with Gasteiger partial charge in [-0.2, -0.15) is 5.26 Å². The lowest BCUT2D eigenvalue weighted by Gasteiger charge is -2.30. The maximum Gasteiger partial charge on any atom is 0.109 e. The molecule has 9 heteroatoms. The van der Waals surface area contributed by atoms with Crippen molar-refractivity contribution in [3.05, 3.63) is 22.2 Å². The number of unbranched alkanes of at least 4 members (excludes halogenated alkanes) is 2. The number of hydrogen-bond acceptors (Lipinski definition) is 7. The van der Waals surface area contributed by atoms with Crippen LogP contribution in [0.25, 0.3) is 10.4 Å². The van der Waals surface area contributed by atoms with Gasteiger partial charge in [0.05, 0.1) is 24.4 Å². The van der Waals surface area contributed by atoms with Crippen molar-refractivity contribution in [1.82, 2.24) is 5.43 Å². The highest BCUT2D eigenvalue weighted by atomic mass is 16.6. The van der Waals surface area contributed by atoms with Gasteiger partial charge < -0.3 is 19.6 Å². The summed E-state index contributed by atoms with van der Waals surface area (Å²) in [5, 5.41) is 13.4. The highest BCUT2D eigenvalue weighted by Crippen LogP contribution is 2.40. The topological polar surface area (TPSA) is 138 Å². The third-order valence-corrected chi connectivity index (χ3v) is 4.39. The summed E-state index contributed by atoms with van der Waals surface area (Å²) in [5.41, 5.74) is 10.6. The summed E-state index contributed by atoms with van der Waals surface area (Å²) < 4.78 is 17.8. The number of nitrogens with one attached hydrogen (secondary N) is 1. The zero-order valence-corrected chi connectivity index (χ0v) is 15.9. The van der Waals surface area contributed by atoms with Crippen molar-refractivity contribution < 1.29 is 14.2 Å². The molecule has 0 spiro atoms. The number of ether oxygens (including phenoxy) is 3. The van der Waals surface area contributed by atoms with Crippen LogP contribution in [0.15, 0.2) is 16.9 Å². The van der Waals surface area contributed by atoms with Gasteiger partial charge in [0.25, 0.3) is 0 Å². The Morgan fingerprint density at radius 1 is 1.42 bits per heavy atom. The van der Waals surface area contributed by atoms with E-state index < -0.39 is 23.9 Å². The van der Waals surface area contributed by atoms with E-state index >= 15 is 0 Å². The smallest absolute Gasteiger partial charge is 0.109 e. The van der Waals surface area contributed by atoms with E-state index in [1.54, 1.807) is 6.92 Å². The second-order valence-corrected chi connectivity index (χ2v) is 6.42. The fraction of sp³-hybridized carbons (Fsp3) is 0.824. The quantitative estimate of drug-likeness (QED) is 0.104. The van der Waals surface area contributed by atoms with Crippen molar-refractivity contribution in [1.29, 1.82) is 5.26 Å². The van der Waals surface area contributed by atoms with E-state index in [0.717, 1.165) is 25.7 Å². The number of azide groups is 1. The van der Waals surface area contributed by atoms with Gasteiger partial charge in [0, 0.05) is 24.3 Å². The Morgan fingerprint density at radius 3 is 2.69 bits per heavy atom. The number of hydrazine groups is 1. The van der Waals surface area contributed by atoms with Crippen LogP contribution in [0.3, 0.4) is 0 Å². The van der Waals surface area contributed by atoms with E-state index in [0.29, 0.717) is 19.8 Å². The van der Waals surface area contributed by atoms with E-state index in [2.05, 4.69) is 35.4 Å². The molecule has 9 nitrogen and oxygen atoms in total. The molecule has 4 atom stereocenters. The predicted molar refractivity (Wildman–Crippen MR) is 97.6 cm³/mol. The summed E-state index contributed by atoms with van der Waals surface area (Å²) in [5.74, 6) is 5.32. The maximum atomic E-state index is 9.45. The Morgan fingerprint density at radius 2 is 2.12 bits per heavy atom. The Kier molecular flexibility index (Phi) is 10.0. The molecule has 0 saturated carbocycles. The Labute approximate surface area is 155 Å². The highest BCUT2D eigenvalue weighted by Gasteiger charge is 2.55. The molecule has 0 aliphatic carbocycles. The van der Waals surface area contributed by atoms with Crippen molar-refractivity contribution in [2.24, 2.45) is 11.0 Å². The van der Waals surface area contributed by atoms with Crippen molar-refractivity contribution in [3.63, 3.8) is 0 Å². The molecule has 1 rings (SSSR count). The molecule has 0 radical (unpaired) electrons. The molecule has 1 aliphatic rings. The standard InChI is InChI=1S/C17H30N6O3/c1-4-6-8-24-12-14-16(25-9-7-5-2)17(3,22-23-20)15(26-14)13(10-18)11-21-19/h11,14-16,21H,4-9,12,19H2,1-3H3/t14-,15?,16-,17+/m1/s1. The summed E-state index contributed by atoms with van der Waals surface area (Å²) in [7, 11) is 0. The van der Waals surface area contributed by atoms with Crippen LogP contribution in [0.4, 0.5) is 0 Å². The predicted octanol–water partition coefficient (Wildman–Crippen LogP) is 2.70. The molecule has 1 unspecified atom stereocenters. The first-order chi connectivity index (χ1) is 12.6. The number of hydrogen-bond donors (Lipinski definition) is 2. The average molecular weight is 366 g/mol. The molecule has 0 bridgehead atoms. The molecule has 26 heavy (non-hydrogen) atoms. The zero-order chi connectivity index (χ0) is 19.4. The van der Waals surface area contributed by atoms with Crippen molar-refractivity contribution >= 4 is 0 Å². The average Bonchev–Trinajstić information content (AvgIpc) is 2.89. The third-order valence-electron chi connectivity index (χ3n) is 4.39. The Bertz CT molecular complexity index is 543. The lowest BCUT2D eigenvalue weighted by Crippen LogP contribution is -2.46. The first-order valence-electron chi connectivity index (χ1n) is 9.06. The molecule has 1 saturated heterocycles. The van der Waals surface area contributed by atoms with Gasteiger partial charge >= 0.3 is 0 Å². The first kappa shape index (κ1) is 22.2. The van der Waals surface area contributed by atoms with Crippen LogP contribution >= 0.6 is 0 Å². The van der Waals surface area contributed by atoms with E-state index in [4.69, 9.17) is 25.6 Å². The van der Waals surface area contributed by atoms with Gasteiger partial charge in [0.1, 0.15) is 17.7 Å². The molecule has 3 N–H and O–H groups in total. The van der Waals surface area contributed by atoms with E-state index in [9.17, 15) is 5.26 Å². The largest absolute Gasteiger partial charge is 0.379 e. The van der Waals surface area contributed by atoms with Gasteiger partial charge in [0.2, 0.25) is 0 Å². The third kappa shape index (κ3) is 5.59. The summed E-state index contributed by atoms with van der Waals surface area (Å²) in [6.07, 6.45) is 3.45. The summed E-state index contributed by atoms with van der Waals surface area (Å²) in [6, 6.07) is 2.06. The molecule has 0 aromatic heterocycles. The van der Waals surface area contributed by atoms with E-state index in [1.807, 2.05) is 0 Å². The van der Waals surface area contributed by atoms with Crippen LogP contribution in [0.1, 0.15) is 46.5 Å². The second kappa shape index (κ2) is 11.7. The highest BCUT2D eigenvalue weighted by molar-refractivity contribution is 5.32. The van der Waals surface area contributed by atoms with E-state index in [1.165, 1.54) is 6.20 Å². The molecule has 0 aromatic carbocycles. The Balaban J connectivity index is 3.09. The zero-order valence-electron chi connectivity index (χ0n) is 15.9. The molecular weight excluding hydrogens is 336 g/mol. The van der Waals surface area contributed by atoms with Gasteiger partial charge in [0.15, 0.2) is 0 Å². The molecule has 0 amide bonds. The van der Waals surface area contributed by atoms with Crippen molar-refractivity contribution in [2.45, 2.75) is 70.3 Å². The van der Waals surface area contributed by atoms with Crippen molar-refractivity contribution in [3.8, 4) is 6.07 Å². The minimum atomic E-state index is -1.08. The van der Waals surface area contributed by atoms with Crippen LogP contribution in [0.5, 0.6) is 0 Å². The van der Waals surface area contributed by atoms with Crippen LogP contribution in [-0.2, 0) is 14.2 Å². The van der Waals surface area contributed by atoms with Crippen LogP contribution in [0, 0.1) is 11.3 Å². The fourth-order valence-corrected chi connectivity index (χ4v) is 2.96. The van der Waals surface area contributed by atoms with Gasteiger partial charge in [-0.3, -0.25) is 5.84 Å². The number of nitrogens with zero attached hydrogens (tertiary/aromatic N) is 4. The fourth-order valence-electron chi connectivity index (χ4n) is 2.96. The minimum Gasteiger partial charge on any atom is -0.379 e. The van der Waals surface area contributed by atoms with Gasteiger partial charge in [-0.25, -0.2) is 0 Å². The summed E-state index contributed by atoms with van der Waals surface area (Å²) >= 11 is 0. The van der Waals surface area contributed by atoms with Crippen LogP contribution in [-0.4, -0.2) is 43.7 Å². The molecule has 1 heterocycles. The Hall–Kier alpha value is -1.82.